The number of hydrogen-bond acceptors (Lipinski definition) is 5. The third-order valence-electron chi connectivity index (χ3n) is 4.22. The number of carbonyl (C=O) groups excluding carboxylic acids is 1. The van der Waals surface area contributed by atoms with Crippen molar-refractivity contribution in [3.8, 4) is 0 Å². The molecule has 1 amide bonds. The number of carbonyl (C=O) groups is 1. The Balaban J connectivity index is 2.11. The number of anilines is 1. The predicted octanol–water partition coefficient (Wildman–Crippen LogP) is 0.478. The van der Waals surface area contributed by atoms with Crippen molar-refractivity contribution in [2.75, 3.05) is 45.6 Å². The maximum Gasteiger partial charge on any atom is 0.242 e. The second-order valence-corrected chi connectivity index (χ2v) is 8.46. The first kappa shape index (κ1) is 18.9. The summed E-state index contributed by atoms with van der Waals surface area (Å²) >= 11 is 0. The van der Waals surface area contributed by atoms with E-state index in [2.05, 4.69) is 22.5 Å². The second kappa shape index (κ2) is 7.60. The van der Waals surface area contributed by atoms with E-state index < -0.39 is 10.0 Å². The number of benzene rings is 1. The Kier molecular flexibility index (Phi) is 5.97. The van der Waals surface area contributed by atoms with Crippen LogP contribution in [0.25, 0.3) is 0 Å². The highest BCUT2D eigenvalue weighted by Crippen LogP contribution is 2.22. The standard InChI is InChI=1S/C16H26N4O3S/c1-12-5-6-14(9-15(12)24(22,23)19(3)4)18-16(21)11-20-8-7-17-10-13(20)2/h5-6,9,13,17H,7-8,10-11H2,1-4H3,(H,18,21)/t13-/m1/s1. The normalized spacial score (nSPS) is 19.5. The summed E-state index contributed by atoms with van der Waals surface area (Å²) in [5, 5.41) is 6.09. The SMILES string of the molecule is Cc1ccc(NC(=O)CN2CCNC[C@H]2C)cc1S(=O)(=O)N(C)C. The van der Waals surface area contributed by atoms with Crippen molar-refractivity contribution in [1.82, 2.24) is 14.5 Å². The first-order chi connectivity index (χ1) is 11.2. The average molecular weight is 354 g/mol. The van der Waals surface area contributed by atoms with Crippen molar-refractivity contribution in [3.05, 3.63) is 23.8 Å². The molecule has 134 valence electrons. The van der Waals surface area contributed by atoms with E-state index >= 15 is 0 Å². The Labute approximate surface area is 144 Å². The summed E-state index contributed by atoms with van der Waals surface area (Å²) in [5.74, 6) is -0.138. The van der Waals surface area contributed by atoms with Crippen LogP contribution >= 0.6 is 0 Å². The number of rotatable bonds is 5. The lowest BCUT2D eigenvalue weighted by Gasteiger charge is -2.33. The lowest BCUT2D eigenvalue weighted by molar-refractivity contribution is -0.118. The van der Waals surface area contributed by atoms with Crippen LogP contribution in [0.2, 0.25) is 0 Å². The Bertz CT molecular complexity index is 703. The third-order valence-corrected chi connectivity index (χ3v) is 6.17. The molecule has 1 atom stereocenters. The fourth-order valence-electron chi connectivity index (χ4n) is 2.66. The summed E-state index contributed by atoms with van der Waals surface area (Å²) in [7, 11) is -0.555. The number of amides is 1. The fraction of sp³-hybridized carbons (Fsp3) is 0.562. The molecule has 1 aromatic carbocycles. The van der Waals surface area contributed by atoms with Crippen LogP contribution in [0.15, 0.2) is 23.1 Å². The number of sulfonamides is 1. The highest BCUT2D eigenvalue weighted by atomic mass is 32.2. The zero-order valence-electron chi connectivity index (χ0n) is 14.7. The van der Waals surface area contributed by atoms with Gasteiger partial charge in [-0.1, -0.05) is 6.07 Å². The van der Waals surface area contributed by atoms with Gasteiger partial charge in [0.25, 0.3) is 0 Å². The van der Waals surface area contributed by atoms with E-state index in [4.69, 9.17) is 0 Å². The van der Waals surface area contributed by atoms with Crippen LogP contribution in [0.5, 0.6) is 0 Å². The van der Waals surface area contributed by atoms with Gasteiger partial charge in [0.15, 0.2) is 0 Å². The van der Waals surface area contributed by atoms with E-state index in [1.165, 1.54) is 24.5 Å². The van der Waals surface area contributed by atoms with Crippen molar-refractivity contribution in [3.63, 3.8) is 0 Å². The van der Waals surface area contributed by atoms with Crippen molar-refractivity contribution < 1.29 is 13.2 Å². The molecule has 2 rings (SSSR count). The molecule has 2 N–H and O–H groups in total. The highest BCUT2D eigenvalue weighted by Gasteiger charge is 2.22. The van der Waals surface area contributed by atoms with Crippen LogP contribution in [0.3, 0.4) is 0 Å². The molecule has 24 heavy (non-hydrogen) atoms. The molecule has 8 heteroatoms. The molecule has 1 heterocycles. The van der Waals surface area contributed by atoms with Gasteiger partial charge in [-0.25, -0.2) is 12.7 Å². The summed E-state index contributed by atoms with van der Waals surface area (Å²) in [5.41, 5.74) is 1.14. The Morgan fingerprint density at radius 2 is 2.12 bits per heavy atom. The minimum absolute atomic E-state index is 0.138. The number of piperazine rings is 1. The molecule has 0 unspecified atom stereocenters. The summed E-state index contributed by atoms with van der Waals surface area (Å²) in [4.78, 5) is 14.6. The van der Waals surface area contributed by atoms with E-state index in [9.17, 15) is 13.2 Å². The molecule has 0 spiro atoms. The van der Waals surface area contributed by atoms with Crippen LogP contribution in [0.1, 0.15) is 12.5 Å². The number of hydrogen-bond donors (Lipinski definition) is 2. The number of nitrogens with one attached hydrogen (secondary N) is 2. The molecule has 1 saturated heterocycles. The topological polar surface area (TPSA) is 81.8 Å². The van der Waals surface area contributed by atoms with Gasteiger partial charge < -0.3 is 10.6 Å². The van der Waals surface area contributed by atoms with Crippen LogP contribution in [0, 0.1) is 6.92 Å². The second-order valence-electron chi connectivity index (χ2n) is 6.34. The molecule has 0 aromatic heterocycles. The van der Waals surface area contributed by atoms with Gasteiger partial charge in [-0.2, -0.15) is 0 Å². The van der Waals surface area contributed by atoms with E-state index in [0.717, 1.165) is 19.6 Å². The van der Waals surface area contributed by atoms with Gasteiger partial charge in [0, 0.05) is 45.5 Å². The van der Waals surface area contributed by atoms with Crippen molar-refractivity contribution in [1.29, 1.82) is 0 Å². The van der Waals surface area contributed by atoms with Crippen LogP contribution < -0.4 is 10.6 Å². The van der Waals surface area contributed by atoms with Gasteiger partial charge in [-0.15, -0.1) is 0 Å². The Morgan fingerprint density at radius 3 is 2.75 bits per heavy atom. The quantitative estimate of drug-likeness (QED) is 0.804. The van der Waals surface area contributed by atoms with E-state index in [1.807, 2.05) is 0 Å². The molecule has 7 nitrogen and oxygen atoms in total. The molecule has 1 fully saturated rings. The fourth-order valence-corrected chi connectivity index (χ4v) is 3.80. The molecule has 0 bridgehead atoms. The summed E-state index contributed by atoms with van der Waals surface area (Å²) in [6.07, 6.45) is 0. The lowest BCUT2D eigenvalue weighted by atomic mass is 10.2. The average Bonchev–Trinajstić information content (AvgIpc) is 2.51. The highest BCUT2D eigenvalue weighted by molar-refractivity contribution is 7.89. The molecule has 0 saturated carbocycles. The maximum atomic E-state index is 12.3. The largest absolute Gasteiger partial charge is 0.325 e. The number of nitrogens with zero attached hydrogens (tertiary/aromatic N) is 2. The third kappa shape index (κ3) is 4.32. The van der Waals surface area contributed by atoms with Crippen molar-refractivity contribution in [2.45, 2.75) is 24.8 Å². The minimum atomic E-state index is -3.54. The van der Waals surface area contributed by atoms with Gasteiger partial charge in [0.2, 0.25) is 15.9 Å². The van der Waals surface area contributed by atoms with Crippen LogP contribution in [-0.4, -0.2) is 69.8 Å². The van der Waals surface area contributed by atoms with Gasteiger partial charge in [0.05, 0.1) is 11.4 Å². The van der Waals surface area contributed by atoms with Gasteiger partial charge in [0.1, 0.15) is 0 Å². The van der Waals surface area contributed by atoms with Gasteiger partial charge in [-0.05, 0) is 31.5 Å². The molecule has 1 aromatic rings. The van der Waals surface area contributed by atoms with Gasteiger partial charge >= 0.3 is 0 Å². The van der Waals surface area contributed by atoms with Gasteiger partial charge in [-0.3, -0.25) is 9.69 Å². The van der Waals surface area contributed by atoms with Crippen LogP contribution in [-0.2, 0) is 14.8 Å². The zero-order chi connectivity index (χ0) is 17.9. The van der Waals surface area contributed by atoms with Crippen molar-refractivity contribution in [2.24, 2.45) is 0 Å². The predicted molar refractivity (Wildman–Crippen MR) is 94.6 cm³/mol. The molecule has 0 aliphatic carbocycles. The smallest absolute Gasteiger partial charge is 0.242 e. The van der Waals surface area contributed by atoms with E-state index in [-0.39, 0.29) is 10.8 Å². The molecule has 0 radical (unpaired) electrons. The van der Waals surface area contributed by atoms with E-state index in [0.29, 0.717) is 23.8 Å². The zero-order valence-corrected chi connectivity index (χ0v) is 15.5. The van der Waals surface area contributed by atoms with Crippen molar-refractivity contribution >= 4 is 21.6 Å². The summed E-state index contributed by atoms with van der Waals surface area (Å²) in [6.45, 7) is 6.67. The minimum Gasteiger partial charge on any atom is -0.325 e. The summed E-state index contributed by atoms with van der Waals surface area (Å²) < 4.78 is 25.9. The van der Waals surface area contributed by atoms with E-state index in [1.54, 1.807) is 19.1 Å². The molecular weight excluding hydrogens is 328 g/mol. The Morgan fingerprint density at radius 1 is 1.42 bits per heavy atom. The first-order valence-corrected chi connectivity index (χ1v) is 9.43. The molecule has 1 aliphatic heterocycles. The van der Waals surface area contributed by atoms with Crippen LogP contribution in [0.4, 0.5) is 5.69 Å². The summed E-state index contributed by atoms with van der Waals surface area (Å²) in [6, 6.07) is 5.25. The maximum absolute atomic E-state index is 12.3. The molecular formula is C16H26N4O3S. The first-order valence-electron chi connectivity index (χ1n) is 7.99. The Hall–Kier alpha value is -1.48. The monoisotopic (exact) mass is 354 g/mol. The lowest BCUT2D eigenvalue weighted by Crippen LogP contribution is -2.51. The molecule has 1 aliphatic rings. The number of aryl methyl sites for hydroxylation is 1.